The molecule has 13 heteroatoms. The summed E-state index contributed by atoms with van der Waals surface area (Å²) in [6, 6.07) is 15.9. The predicted molar refractivity (Wildman–Crippen MR) is 159 cm³/mol. The molecule has 0 aliphatic carbocycles. The van der Waals surface area contributed by atoms with Gasteiger partial charge < -0.3 is 14.4 Å². The molecular formula is C26H28Cl2N4O5S2. The van der Waals surface area contributed by atoms with Crippen molar-refractivity contribution in [2.75, 3.05) is 51.0 Å². The molecule has 0 saturated heterocycles. The van der Waals surface area contributed by atoms with Crippen molar-refractivity contribution in [3.8, 4) is 11.5 Å². The summed E-state index contributed by atoms with van der Waals surface area (Å²) in [4.78, 5) is 22.0. The molecule has 0 aliphatic rings. The van der Waals surface area contributed by atoms with Crippen LogP contribution >= 0.6 is 35.3 Å². The monoisotopic (exact) mass is 610 g/mol. The SMILES string of the molecule is COc1ccc(S(=O)(=O)Nc2cccc(C(=O)N(CCN(C)C)c3nc4c(OC)ccc(Cl)c4s3)c2)cc1.Cl. The second-order valence-corrected chi connectivity index (χ2v) is 11.6. The molecule has 1 amide bonds. The fourth-order valence-electron chi connectivity index (χ4n) is 3.65. The van der Waals surface area contributed by atoms with Crippen LogP contribution in [0, 0.1) is 0 Å². The van der Waals surface area contributed by atoms with E-state index in [2.05, 4.69) is 9.71 Å². The van der Waals surface area contributed by atoms with Gasteiger partial charge in [-0.25, -0.2) is 13.4 Å². The topological polar surface area (TPSA) is 101 Å². The van der Waals surface area contributed by atoms with Gasteiger partial charge in [0.2, 0.25) is 0 Å². The van der Waals surface area contributed by atoms with Gasteiger partial charge in [-0.15, -0.1) is 12.4 Å². The maximum absolute atomic E-state index is 13.8. The van der Waals surface area contributed by atoms with Crippen LogP contribution in [0.2, 0.25) is 5.02 Å². The highest BCUT2D eigenvalue weighted by atomic mass is 35.5. The van der Waals surface area contributed by atoms with E-state index in [0.29, 0.717) is 50.5 Å². The summed E-state index contributed by atoms with van der Waals surface area (Å²) in [5.74, 6) is 0.774. The minimum Gasteiger partial charge on any atom is -0.497 e. The Balaban J connectivity index is 0.00000420. The van der Waals surface area contributed by atoms with Crippen molar-refractivity contribution < 1.29 is 22.7 Å². The normalized spacial score (nSPS) is 11.2. The first-order valence-corrected chi connectivity index (χ1v) is 14.2. The van der Waals surface area contributed by atoms with Crippen molar-refractivity contribution in [2.24, 2.45) is 0 Å². The lowest BCUT2D eigenvalue weighted by Crippen LogP contribution is -2.36. The van der Waals surface area contributed by atoms with Gasteiger partial charge in [0.05, 0.1) is 28.8 Å². The summed E-state index contributed by atoms with van der Waals surface area (Å²) >= 11 is 7.70. The molecular weight excluding hydrogens is 583 g/mol. The van der Waals surface area contributed by atoms with Crippen LogP contribution in [0.3, 0.4) is 0 Å². The quantitative estimate of drug-likeness (QED) is 0.256. The Bertz CT molecular complexity index is 1560. The zero-order valence-corrected chi connectivity index (χ0v) is 24.9. The fraction of sp³-hybridized carbons (Fsp3) is 0.231. The van der Waals surface area contributed by atoms with Crippen LogP contribution in [0.25, 0.3) is 10.2 Å². The van der Waals surface area contributed by atoms with E-state index in [-0.39, 0.29) is 28.9 Å². The van der Waals surface area contributed by atoms with E-state index >= 15 is 0 Å². The lowest BCUT2D eigenvalue weighted by Gasteiger charge is -2.22. The van der Waals surface area contributed by atoms with Crippen LogP contribution in [-0.2, 0) is 10.0 Å². The molecule has 0 bridgehead atoms. The minimum atomic E-state index is -3.88. The standard InChI is InChI=1S/C26H27ClN4O5S2.ClH/c1-30(2)14-15-31(26-28-23-22(36-4)13-12-21(27)24(23)37-26)25(32)17-6-5-7-18(16-17)29-38(33,34)20-10-8-19(35-3)9-11-20;/h5-13,16,29H,14-15H2,1-4H3;1H. The van der Waals surface area contributed by atoms with Crippen molar-refractivity contribution >= 4 is 72.3 Å². The van der Waals surface area contributed by atoms with Gasteiger partial charge in [-0.05, 0) is 68.7 Å². The van der Waals surface area contributed by atoms with E-state index in [1.54, 1.807) is 54.5 Å². The number of fused-ring (bicyclic) bond motifs is 1. The molecule has 0 atom stereocenters. The molecule has 39 heavy (non-hydrogen) atoms. The number of aromatic nitrogens is 1. The van der Waals surface area contributed by atoms with Crippen molar-refractivity contribution in [3.05, 3.63) is 71.2 Å². The number of amides is 1. The summed E-state index contributed by atoms with van der Waals surface area (Å²) in [5, 5.41) is 0.974. The number of carbonyl (C=O) groups is 1. The zero-order chi connectivity index (χ0) is 27.4. The van der Waals surface area contributed by atoms with Crippen LogP contribution in [0.15, 0.2) is 65.6 Å². The number of methoxy groups -OCH3 is 2. The highest BCUT2D eigenvalue weighted by molar-refractivity contribution is 7.92. The molecule has 1 aromatic heterocycles. The van der Waals surface area contributed by atoms with Crippen LogP contribution in [0.5, 0.6) is 11.5 Å². The molecule has 0 radical (unpaired) electrons. The number of ether oxygens (including phenoxy) is 2. The second-order valence-electron chi connectivity index (χ2n) is 8.55. The van der Waals surface area contributed by atoms with E-state index in [1.165, 1.54) is 36.6 Å². The molecule has 208 valence electrons. The third-order valence-electron chi connectivity index (χ3n) is 5.65. The van der Waals surface area contributed by atoms with Crippen molar-refractivity contribution in [1.82, 2.24) is 9.88 Å². The number of nitrogens with one attached hydrogen (secondary N) is 1. The highest BCUT2D eigenvalue weighted by Gasteiger charge is 2.24. The maximum Gasteiger partial charge on any atom is 0.261 e. The Hall–Kier alpha value is -3.09. The Labute approximate surface area is 242 Å². The van der Waals surface area contributed by atoms with Gasteiger partial charge in [-0.2, -0.15) is 0 Å². The van der Waals surface area contributed by atoms with E-state index in [0.717, 1.165) is 0 Å². The number of nitrogens with zero attached hydrogens (tertiary/aromatic N) is 3. The van der Waals surface area contributed by atoms with E-state index in [9.17, 15) is 13.2 Å². The minimum absolute atomic E-state index is 0. The molecule has 1 N–H and O–H groups in total. The van der Waals surface area contributed by atoms with E-state index in [1.807, 2.05) is 19.0 Å². The molecule has 0 unspecified atom stereocenters. The van der Waals surface area contributed by atoms with E-state index < -0.39 is 10.0 Å². The van der Waals surface area contributed by atoms with Gasteiger partial charge in [0.15, 0.2) is 5.13 Å². The first kappa shape index (κ1) is 30.5. The zero-order valence-electron chi connectivity index (χ0n) is 21.7. The molecule has 4 rings (SSSR count). The fourth-order valence-corrected chi connectivity index (χ4v) is 5.98. The Morgan fingerprint density at radius 3 is 2.38 bits per heavy atom. The number of halogens is 2. The van der Waals surface area contributed by atoms with Gasteiger partial charge in [0.1, 0.15) is 17.0 Å². The summed E-state index contributed by atoms with van der Waals surface area (Å²) < 4.78 is 39.6. The summed E-state index contributed by atoms with van der Waals surface area (Å²) in [6.07, 6.45) is 0. The third-order valence-corrected chi connectivity index (χ3v) is 8.58. The van der Waals surface area contributed by atoms with Crippen LogP contribution in [-0.4, -0.2) is 65.6 Å². The molecule has 0 spiro atoms. The lowest BCUT2D eigenvalue weighted by molar-refractivity contribution is 0.0985. The molecule has 0 fully saturated rings. The summed E-state index contributed by atoms with van der Waals surface area (Å²) in [7, 11) is 3.00. The lowest BCUT2D eigenvalue weighted by atomic mass is 10.2. The van der Waals surface area contributed by atoms with Gasteiger partial charge in [-0.3, -0.25) is 14.4 Å². The highest BCUT2D eigenvalue weighted by Crippen LogP contribution is 2.39. The molecule has 9 nitrogen and oxygen atoms in total. The van der Waals surface area contributed by atoms with E-state index in [4.69, 9.17) is 21.1 Å². The van der Waals surface area contributed by atoms with Crippen molar-refractivity contribution in [3.63, 3.8) is 0 Å². The molecule has 1 heterocycles. The number of rotatable bonds is 10. The summed E-state index contributed by atoms with van der Waals surface area (Å²) in [6.45, 7) is 0.934. The molecule has 4 aromatic rings. The maximum atomic E-state index is 13.8. The number of hydrogen-bond acceptors (Lipinski definition) is 8. The number of anilines is 2. The largest absolute Gasteiger partial charge is 0.497 e. The average molecular weight is 612 g/mol. The number of benzene rings is 3. The Morgan fingerprint density at radius 2 is 1.74 bits per heavy atom. The van der Waals surface area contributed by atoms with Crippen molar-refractivity contribution in [1.29, 1.82) is 0 Å². The predicted octanol–water partition coefficient (Wildman–Crippen LogP) is 5.40. The number of carbonyl (C=O) groups excluding carboxylic acids is 1. The second kappa shape index (κ2) is 12.8. The van der Waals surface area contributed by atoms with Gasteiger partial charge in [0.25, 0.3) is 15.9 Å². The molecule has 3 aromatic carbocycles. The van der Waals surface area contributed by atoms with Crippen LogP contribution in [0.1, 0.15) is 10.4 Å². The Morgan fingerprint density at radius 1 is 1.03 bits per heavy atom. The van der Waals surface area contributed by atoms with Gasteiger partial charge >= 0.3 is 0 Å². The third kappa shape index (κ3) is 6.92. The molecule has 0 saturated carbocycles. The Kier molecular flexibility index (Phi) is 10.0. The smallest absolute Gasteiger partial charge is 0.261 e. The van der Waals surface area contributed by atoms with Crippen LogP contribution < -0.4 is 19.1 Å². The molecule has 0 aliphatic heterocycles. The van der Waals surface area contributed by atoms with Crippen LogP contribution in [0.4, 0.5) is 10.8 Å². The average Bonchev–Trinajstić information content (AvgIpc) is 3.35. The first-order chi connectivity index (χ1) is 18.1. The number of sulfonamides is 1. The summed E-state index contributed by atoms with van der Waals surface area (Å²) in [5.41, 5.74) is 1.13. The van der Waals surface area contributed by atoms with Gasteiger partial charge in [0, 0.05) is 24.3 Å². The van der Waals surface area contributed by atoms with Gasteiger partial charge in [-0.1, -0.05) is 29.0 Å². The number of hydrogen-bond donors (Lipinski definition) is 1. The van der Waals surface area contributed by atoms with Crippen molar-refractivity contribution in [2.45, 2.75) is 4.90 Å². The number of likely N-dealkylation sites (N-methyl/N-ethyl adjacent to an activating group) is 1. The number of thiazole rings is 1. The first-order valence-electron chi connectivity index (χ1n) is 11.5.